The SMILES string of the molecule is CCCCCCCCCCCCCCCCSc1cc(CC)cc(SCCCCCCCCCCCCCCCC)c1. The van der Waals surface area contributed by atoms with Gasteiger partial charge in [0.15, 0.2) is 0 Å². The number of aryl methyl sites for hydroxylation is 1. The molecule has 0 bridgehead atoms. The maximum atomic E-state index is 2.47. The first-order valence-corrected chi connectivity index (χ1v) is 21.2. The van der Waals surface area contributed by atoms with Crippen LogP contribution < -0.4 is 0 Å². The Morgan fingerprint density at radius 2 is 0.595 bits per heavy atom. The molecule has 0 saturated heterocycles. The first kappa shape index (κ1) is 39.9. The quantitative estimate of drug-likeness (QED) is 0.0567. The highest BCUT2D eigenvalue weighted by Crippen LogP contribution is 2.29. The lowest BCUT2D eigenvalue weighted by Gasteiger charge is -2.09. The molecule has 0 N–H and O–H groups in total. The highest BCUT2D eigenvalue weighted by Gasteiger charge is 2.03. The van der Waals surface area contributed by atoms with Gasteiger partial charge in [0.1, 0.15) is 0 Å². The largest absolute Gasteiger partial charge is 0.126 e. The second-order valence-corrected chi connectivity index (χ2v) is 15.4. The van der Waals surface area contributed by atoms with Gasteiger partial charge in [0.25, 0.3) is 0 Å². The van der Waals surface area contributed by atoms with Crippen LogP contribution in [0.3, 0.4) is 0 Å². The van der Waals surface area contributed by atoms with Gasteiger partial charge < -0.3 is 0 Å². The van der Waals surface area contributed by atoms with E-state index in [0.717, 1.165) is 6.42 Å². The molecule has 0 nitrogen and oxygen atoms in total. The highest BCUT2D eigenvalue weighted by molar-refractivity contribution is 8.00. The Hall–Kier alpha value is -0.0800. The zero-order valence-corrected chi connectivity index (χ0v) is 30.6. The van der Waals surface area contributed by atoms with Crippen molar-refractivity contribution in [2.75, 3.05) is 11.5 Å². The van der Waals surface area contributed by atoms with Gasteiger partial charge in [-0.3, -0.25) is 0 Å². The molecule has 1 aromatic carbocycles. The van der Waals surface area contributed by atoms with Crippen LogP contribution in [0.25, 0.3) is 0 Å². The molecule has 0 heterocycles. The molecule has 246 valence electrons. The fourth-order valence-corrected chi connectivity index (χ4v) is 8.11. The van der Waals surface area contributed by atoms with E-state index in [1.165, 1.54) is 207 Å². The van der Waals surface area contributed by atoms with Crippen molar-refractivity contribution in [3.63, 3.8) is 0 Å². The molecule has 0 unspecified atom stereocenters. The van der Waals surface area contributed by atoms with E-state index in [1.54, 1.807) is 0 Å². The average Bonchev–Trinajstić information content (AvgIpc) is 3.01. The number of benzene rings is 1. The van der Waals surface area contributed by atoms with E-state index in [4.69, 9.17) is 0 Å². The van der Waals surface area contributed by atoms with Crippen molar-refractivity contribution in [3.8, 4) is 0 Å². The minimum Gasteiger partial charge on any atom is -0.126 e. The summed E-state index contributed by atoms with van der Waals surface area (Å²) >= 11 is 4.20. The first-order chi connectivity index (χ1) is 20.8. The summed E-state index contributed by atoms with van der Waals surface area (Å²) in [4.78, 5) is 3.01. The second-order valence-electron chi connectivity index (χ2n) is 13.1. The van der Waals surface area contributed by atoms with Crippen molar-refractivity contribution < 1.29 is 0 Å². The summed E-state index contributed by atoms with van der Waals surface area (Å²) in [5.41, 5.74) is 1.52. The molecule has 2 heteroatoms. The van der Waals surface area contributed by atoms with Crippen LogP contribution in [0.5, 0.6) is 0 Å². The van der Waals surface area contributed by atoms with Crippen molar-refractivity contribution in [3.05, 3.63) is 23.8 Å². The molecule has 0 aromatic heterocycles. The van der Waals surface area contributed by atoms with Crippen molar-refractivity contribution >= 4 is 23.5 Å². The van der Waals surface area contributed by atoms with Crippen molar-refractivity contribution in [1.29, 1.82) is 0 Å². The van der Waals surface area contributed by atoms with Gasteiger partial charge in [-0.05, 0) is 54.5 Å². The summed E-state index contributed by atoms with van der Waals surface area (Å²) < 4.78 is 0. The number of hydrogen-bond acceptors (Lipinski definition) is 2. The zero-order valence-electron chi connectivity index (χ0n) is 29.0. The molecule has 0 spiro atoms. The van der Waals surface area contributed by atoms with Crippen LogP contribution in [-0.2, 0) is 6.42 Å². The lowest BCUT2D eigenvalue weighted by molar-refractivity contribution is 0.538. The number of thioether (sulfide) groups is 2. The van der Waals surface area contributed by atoms with Gasteiger partial charge in [-0.15, -0.1) is 23.5 Å². The summed E-state index contributed by atoms with van der Waals surface area (Å²) in [6.07, 6.45) is 41.6. The van der Waals surface area contributed by atoms with Gasteiger partial charge in [-0.2, -0.15) is 0 Å². The van der Waals surface area contributed by atoms with Gasteiger partial charge in [-0.1, -0.05) is 188 Å². The molecule has 1 rings (SSSR count). The Morgan fingerprint density at radius 3 is 0.857 bits per heavy atom. The molecule has 0 amide bonds. The lowest BCUT2D eigenvalue weighted by atomic mass is 10.0. The maximum absolute atomic E-state index is 2.47. The highest BCUT2D eigenvalue weighted by atomic mass is 32.2. The average molecular weight is 619 g/mol. The third kappa shape index (κ3) is 26.3. The van der Waals surface area contributed by atoms with Crippen LogP contribution >= 0.6 is 23.5 Å². The summed E-state index contributed by atoms with van der Waals surface area (Å²) in [7, 11) is 0. The Morgan fingerprint density at radius 1 is 0.333 bits per heavy atom. The molecular weight excluding hydrogens is 545 g/mol. The minimum absolute atomic E-state index is 1.15. The summed E-state index contributed by atoms with van der Waals surface area (Å²) in [5.74, 6) is 2.57. The third-order valence-electron chi connectivity index (χ3n) is 8.88. The number of unbranched alkanes of at least 4 members (excludes halogenated alkanes) is 26. The van der Waals surface area contributed by atoms with Crippen LogP contribution in [0.1, 0.15) is 206 Å². The maximum Gasteiger partial charge on any atom is 0.00858 e. The van der Waals surface area contributed by atoms with Gasteiger partial charge in [-0.25, -0.2) is 0 Å². The normalized spacial score (nSPS) is 11.5. The fourth-order valence-electron chi connectivity index (χ4n) is 5.97. The predicted octanol–water partition coefficient (Wildman–Crippen LogP) is 15.4. The van der Waals surface area contributed by atoms with Crippen molar-refractivity contribution in [1.82, 2.24) is 0 Å². The third-order valence-corrected chi connectivity index (χ3v) is 11.0. The summed E-state index contributed by atoms with van der Waals surface area (Å²) in [5, 5.41) is 0. The van der Waals surface area contributed by atoms with Crippen molar-refractivity contribution in [2.45, 2.75) is 217 Å². The molecule has 0 fully saturated rings. The molecule has 0 aliphatic heterocycles. The predicted molar refractivity (Wildman–Crippen MR) is 198 cm³/mol. The van der Waals surface area contributed by atoms with Crippen LogP contribution in [0.4, 0.5) is 0 Å². The summed E-state index contributed by atoms with van der Waals surface area (Å²) in [6.45, 7) is 6.92. The van der Waals surface area contributed by atoms with Crippen LogP contribution in [0.15, 0.2) is 28.0 Å². The van der Waals surface area contributed by atoms with Crippen molar-refractivity contribution in [2.24, 2.45) is 0 Å². The van der Waals surface area contributed by atoms with Crippen LogP contribution in [0, 0.1) is 0 Å². The Balaban J connectivity index is 1.99. The first-order valence-electron chi connectivity index (χ1n) is 19.2. The number of hydrogen-bond donors (Lipinski definition) is 0. The van der Waals surface area contributed by atoms with E-state index in [9.17, 15) is 0 Å². The lowest BCUT2D eigenvalue weighted by Crippen LogP contribution is -1.88. The molecule has 42 heavy (non-hydrogen) atoms. The molecule has 0 atom stereocenters. The van der Waals surface area contributed by atoms with Gasteiger partial charge in [0.05, 0.1) is 0 Å². The number of rotatable bonds is 33. The van der Waals surface area contributed by atoms with Gasteiger partial charge >= 0.3 is 0 Å². The topological polar surface area (TPSA) is 0 Å². The Labute approximate surface area is 274 Å². The molecule has 0 saturated carbocycles. The Kier molecular flexibility index (Phi) is 30.7. The Bertz CT molecular complexity index is 617. The molecule has 0 radical (unpaired) electrons. The van der Waals surface area contributed by atoms with E-state index in [0.29, 0.717) is 0 Å². The van der Waals surface area contributed by atoms with E-state index in [-0.39, 0.29) is 0 Å². The van der Waals surface area contributed by atoms with E-state index in [2.05, 4.69) is 62.5 Å². The monoisotopic (exact) mass is 619 g/mol. The fraction of sp³-hybridized carbons (Fsp3) is 0.850. The second kappa shape index (κ2) is 32.3. The summed E-state index contributed by atoms with van der Waals surface area (Å²) in [6, 6.07) is 7.37. The minimum atomic E-state index is 1.15. The molecular formula is C40H74S2. The molecule has 0 aliphatic rings. The molecule has 1 aromatic rings. The zero-order chi connectivity index (χ0) is 30.2. The van der Waals surface area contributed by atoms with Gasteiger partial charge in [0.2, 0.25) is 0 Å². The standard InChI is InChI=1S/C40H74S2/c1-4-7-9-11-13-15-17-19-21-23-25-27-29-31-33-41-39-35-38(6-3)36-40(37-39)42-34-32-30-28-26-24-22-20-18-16-14-12-10-8-5-2/h35-37H,4-34H2,1-3H3. The van der Waals surface area contributed by atoms with E-state index in [1.807, 2.05) is 0 Å². The van der Waals surface area contributed by atoms with E-state index >= 15 is 0 Å². The van der Waals surface area contributed by atoms with Crippen LogP contribution in [-0.4, -0.2) is 11.5 Å². The smallest absolute Gasteiger partial charge is 0.00858 e. The van der Waals surface area contributed by atoms with Gasteiger partial charge in [0, 0.05) is 9.79 Å². The van der Waals surface area contributed by atoms with E-state index < -0.39 is 0 Å². The van der Waals surface area contributed by atoms with Crippen LogP contribution in [0.2, 0.25) is 0 Å². The molecule has 0 aliphatic carbocycles.